The fourth-order valence-corrected chi connectivity index (χ4v) is 2.65. The first-order chi connectivity index (χ1) is 11.0. The first-order valence-corrected chi connectivity index (χ1v) is 7.41. The van der Waals surface area contributed by atoms with Gasteiger partial charge >= 0.3 is 0 Å². The molecule has 0 unspecified atom stereocenters. The molecule has 0 saturated carbocycles. The molecule has 5 heteroatoms. The summed E-state index contributed by atoms with van der Waals surface area (Å²) < 4.78 is 0. The van der Waals surface area contributed by atoms with Gasteiger partial charge in [0.1, 0.15) is 5.15 Å². The Kier molecular flexibility index (Phi) is 4.08. The molecule has 0 bridgehead atoms. The number of aryl methyl sites for hydroxylation is 1. The van der Waals surface area contributed by atoms with E-state index in [-0.39, 0.29) is 5.69 Å². The third-order valence-electron chi connectivity index (χ3n) is 3.58. The lowest BCUT2D eigenvalue weighted by molar-refractivity contribution is -0.384. The molecule has 2 aromatic carbocycles. The monoisotopic (exact) mass is 324 g/mol. The highest BCUT2D eigenvalue weighted by atomic mass is 35.5. The van der Waals surface area contributed by atoms with Crippen molar-refractivity contribution in [1.82, 2.24) is 4.98 Å². The van der Waals surface area contributed by atoms with Gasteiger partial charge in [-0.05, 0) is 29.7 Å². The number of rotatable bonds is 3. The van der Waals surface area contributed by atoms with E-state index in [9.17, 15) is 10.1 Å². The second-order valence-corrected chi connectivity index (χ2v) is 5.58. The Labute approximate surface area is 138 Å². The summed E-state index contributed by atoms with van der Waals surface area (Å²) in [6.07, 6.45) is 3.73. The number of aromatic nitrogens is 1. The number of nitro benzene ring substituents is 1. The number of hydrogen-bond donors (Lipinski definition) is 0. The van der Waals surface area contributed by atoms with Crippen molar-refractivity contribution in [1.29, 1.82) is 0 Å². The summed E-state index contributed by atoms with van der Waals surface area (Å²) in [5.41, 5.74) is 3.66. The Morgan fingerprint density at radius 3 is 2.70 bits per heavy atom. The predicted octanol–water partition coefficient (Wildman–Crippen LogP) is 5.28. The Hall–Kier alpha value is -2.72. The SMILES string of the molecule is Cc1cccc2c(/C=C/c3cccc([N+](=O)[O-])c3)cc(Cl)nc12. The van der Waals surface area contributed by atoms with E-state index in [2.05, 4.69) is 4.98 Å². The summed E-state index contributed by atoms with van der Waals surface area (Å²) in [6, 6.07) is 14.2. The number of para-hydroxylation sites is 1. The van der Waals surface area contributed by atoms with Gasteiger partial charge in [0.2, 0.25) is 0 Å². The van der Waals surface area contributed by atoms with E-state index in [0.29, 0.717) is 5.15 Å². The van der Waals surface area contributed by atoms with Gasteiger partial charge < -0.3 is 0 Å². The smallest absolute Gasteiger partial charge is 0.258 e. The van der Waals surface area contributed by atoms with Gasteiger partial charge in [0.05, 0.1) is 10.4 Å². The van der Waals surface area contributed by atoms with Crippen molar-refractivity contribution in [3.63, 3.8) is 0 Å². The number of pyridine rings is 1. The van der Waals surface area contributed by atoms with Gasteiger partial charge in [0, 0.05) is 17.5 Å². The zero-order valence-corrected chi connectivity index (χ0v) is 13.1. The highest BCUT2D eigenvalue weighted by Crippen LogP contribution is 2.25. The maximum absolute atomic E-state index is 10.8. The quantitative estimate of drug-likeness (QED) is 0.374. The van der Waals surface area contributed by atoms with Crippen LogP contribution in [0.3, 0.4) is 0 Å². The van der Waals surface area contributed by atoms with E-state index in [1.807, 2.05) is 43.3 Å². The second kappa shape index (κ2) is 6.18. The van der Waals surface area contributed by atoms with Gasteiger partial charge in [0.25, 0.3) is 5.69 Å². The molecule has 23 heavy (non-hydrogen) atoms. The number of fused-ring (bicyclic) bond motifs is 1. The first-order valence-electron chi connectivity index (χ1n) is 7.03. The van der Waals surface area contributed by atoms with E-state index in [1.165, 1.54) is 12.1 Å². The molecule has 3 aromatic rings. The predicted molar refractivity (Wildman–Crippen MR) is 93.5 cm³/mol. The Balaban J connectivity index is 2.06. The molecule has 0 aliphatic carbocycles. The summed E-state index contributed by atoms with van der Waals surface area (Å²) in [7, 11) is 0. The van der Waals surface area contributed by atoms with Crippen molar-refractivity contribution in [3.8, 4) is 0 Å². The van der Waals surface area contributed by atoms with E-state index in [4.69, 9.17) is 11.6 Å². The maximum atomic E-state index is 10.8. The van der Waals surface area contributed by atoms with Gasteiger partial charge in [-0.3, -0.25) is 10.1 Å². The van der Waals surface area contributed by atoms with E-state index in [1.54, 1.807) is 12.1 Å². The van der Waals surface area contributed by atoms with Crippen molar-refractivity contribution < 1.29 is 4.92 Å². The van der Waals surface area contributed by atoms with Gasteiger partial charge in [-0.1, -0.05) is 54.1 Å². The highest BCUT2D eigenvalue weighted by Gasteiger charge is 2.06. The first kappa shape index (κ1) is 15.2. The van der Waals surface area contributed by atoms with Gasteiger partial charge in [0.15, 0.2) is 0 Å². The van der Waals surface area contributed by atoms with Crippen LogP contribution >= 0.6 is 11.6 Å². The number of non-ortho nitro benzene ring substituents is 1. The minimum absolute atomic E-state index is 0.0700. The molecule has 0 saturated heterocycles. The van der Waals surface area contributed by atoms with Crippen LogP contribution in [0, 0.1) is 17.0 Å². The van der Waals surface area contributed by atoms with Crippen molar-refractivity contribution in [2.75, 3.05) is 0 Å². The summed E-state index contributed by atoms with van der Waals surface area (Å²) in [5.74, 6) is 0. The van der Waals surface area contributed by atoms with Crippen LogP contribution in [0.1, 0.15) is 16.7 Å². The molecular weight excluding hydrogens is 312 g/mol. The molecule has 3 rings (SSSR count). The topological polar surface area (TPSA) is 56.0 Å². The van der Waals surface area contributed by atoms with Crippen molar-refractivity contribution in [2.24, 2.45) is 0 Å². The molecule has 0 aliphatic rings. The molecular formula is C18H13ClN2O2. The van der Waals surface area contributed by atoms with Crippen LogP contribution < -0.4 is 0 Å². The normalized spacial score (nSPS) is 11.2. The lowest BCUT2D eigenvalue weighted by Gasteiger charge is -2.05. The number of benzene rings is 2. The Bertz CT molecular complexity index is 935. The van der Waals surface area contributed by atoms with Crippen LogP contribution in [-0.4, -0.2) is 9.91 Å². The summed E-state index contributed by atoms with van der Waals surface area (Å²) in [6.45, 7) is 1.99. The van der Waals surface area contributed by atoms with Crippen LogP contribution in [0.4, 0.5) is 5.69 Å². The van der Waals surface area contributed by atoms with Gasteiger partial charge in [-0.15, -0.1) is 0 Å². The Morgan fingerprint density at radius 2 is 1.91 bits per heavy atom. The third kappa shape index (κ3) is 3.22. The summed E-state index contributed by atoms with van der Waals surface area (Å²) in [5, 5.41) is 12.3. The zero-order chi connectivity index (χ0) is 16.4. The molecule has 0 radical (unpaired) electrons. The fraction of sp³-hybridized carbons (Fsp3) is 0.0556. The largest absolute Gasteiger partial charge is 0.270 e. The Morgan fingerprint density at radius 1 is 1.13 bits per heavy atom. The summed E-state index contributed by atoms with van der Waals surface area (Å²) >= 11 is 6.11. The average molecular weight is 325 g/mol. The third-order valence-corrected chi connectivity index (χ3v) is 3.77. The molecule has 1 heterocycles. The lowest BCUT2D eigenvalue weighted by Crippen LogP contribution is -1.88. The molecule has 4 nitrogen and oxygen atoms in total. The molecule has 0 aliphatic heterocycles. The second-order valence-electron chi connectivity index (χ2n) is 5.19. The standard InChI is InChI=1S/C18H13ClN2O2/c1-12-4-2-7-16-14(11-17(19)20-18(12)16)9-8-13-5-3-6-15(10-13)21(22)23/h2-11H,1H3/b9-8+. The highest BCUT2D eigenvalue weighted by molar-refractivity contribution is 6.30. The van der Waals surface area contributed by atoms with Crippen molar-refractivity contribution in [2.45, 2.75) is 6.92 Å². The molecule has 0 N–H and O–H groups in total. The van der Waals surface area contributed by atoms with Crippen molar-refractivity contribution >= 4 is 40.3 Å². The molecule has 0 amide bonds. The van der Waals surface area contributed by atoms with Crippen LogP contribution in [-0.2, 0) is 0 Å². The summed E-state index contributed by atoms with van der Waals surface area (Å²) in [4.78, 5) is 14.8. The van der Waals surface area contributed by atoms with Gasteiger partial charge in [-0.25, -0.2) is 4.98 Å². The van der Waals surface area contributed by atoms with Crippen LogP contribution in [0.2, 0.25) is 5.15 Å². The average Bonchev–Trinajstić information content (AvgIpc) is 2.54. The minimum atomic E-state index is -0.403. The maximum Gasteiger partial charge on any atom is 0.270 e. The number of nitro groups is 1. The minimum Gasteiger partial charge on any atom is -0.258 e. The molecule has 0 atom stereocenters. The van der Waals surface area contributed by atoms with Crippen molar-refractivity contribution in [3.05, 3.63) is 80.5 Å². The molecule has 114 valence electrons. The molecule has 0 spiro atoms. The molecule has 0 fully saturated rings. The van der Waals surface area contributed by atoms with E-state index in [0.717, 1.165) is 27.6 Å². The van der Waals surface area contributed by atoms with Gasteiger partial charge in [-0.2, -0.15) is 0 Å². The fourth-order valence-electron chi connectivity index (χ4n) is 2.45. The lowest BCUT2D eigenvalue weighted by atomic mass is 10.0. The number of nitrogens with zero attached hydrogens (tertiary/aromatic N) is 2. The van der Waals surface area contributed by atoms with Crippen LogP contribution in [0.15, 0.2) is 48.5 Å². The zero-order valence-electron chi connectivity index (χ0n) is 12.4. The van der Waals surface area contributed by atoms with E-state index >= 15 is 0 Å². The number of halogens is 1. The number of hydrogen-bond acceptors (Lipinski definition) is 3. The molecule has 1 aromatic heterocycles. The van der Waals surface area contributed by atoms with Crippen LogP contribution in [0.25, 0.3) is 23.1 Å². The van der Waals surface area contributed by atoms with Crippen LogP contribution in [0.5, 0.6) is 0 Å². The van der Waals surface area contributed by atoms with E-state index < -0.39 is 4.92 Å².